The third kappa shape index (κ3) is 5.14. The maximum atomic E-state index is 13.6. The molecule has 36 heavy (non-hydrogen) atoms. The van der Waals surface area contributed by atoms with Gasteiger partial charge in [-0.3, -0.25) is 4.79 Å². The number of imidazole rings is 1. The van der Waals surface area contributed by atoms with Crippen LogP contribution >= 0.6 is 0 Å². The van der Waals surface area contributed by atoms with Crippen molar-refractivity contribution in [1.29, 1.82) is 0 Å². The van der Waals surface area contributed by atoms with Gasteiger partial charge in [0.05, 0.1) is 35.2 Å². The second-order valence-electron chi connectivity index (χ2n) is 10.6. The van der Waals surface area contributed by atoms with Gasteiger partial charge in [-0.25, -0.2) is 18.3 Å². The minimum absolute atomic E-state index is 0.0675. The third-order valence-corrected chi connectivity index (χ3v) is 7.97. The van der Waals surface area contributed by atoms with Crippen molar-refractivity contribution in [3.8, 4) is 0 Å². The Hall–Kier alpha value is -2.50. The van der Waals surface area contributed by atoms with E-state index in [0.717, 1.165) is 18.5 Å². The number of halogens is 5. The molecule has 2 unspecified atom stereocenters. The molecule has 2 aromatic rings. The number of carbonyl (C=O) groups excluding carboxylic acids is 1. The van der Waals surface area contributed by atoms with Crippen LogP contribution in [0.3, 0.4) is 0 Å². The van der Waals surface area contributed by atoms with Gasteiger partial charge in [-0.05, 0) is 38.0 Å². The summed E-state index contributed by atoms with van der Waals surface area (Å²) in [6.07, 6.45) is -0.699. The lowest BCUT2D eigenvalue weighted by atomic mass is 9.81. The molecule has 0 radical (unpaired) electrons. The summed E-state index contributed by atoms with van der Waals surface area (Å²) < 4.78 is 68.7. The fraction of sp³-hybridized carbons (Fsp3) is 0.708. The first-order valence-corrected chi connectivity index (χ1v) is 12.5. The highest BCUT2D eigenvalue weighted by molar-refractivity contribution is 5.80. The lowest BCUT2D eigenvalue weighted by molar-refractivity contribution is -0.183. The van der Waals surface area contributed by atoms with Crippen molar-refractivity contribution in [2.24, 2.45) is 23.5 Å². The van der Waals surface area contributed by atoms with Crippen molar-refractivity contribution in [2.45, 2.75) is 75.5 Å². The molecule has 0 spiro atoms. The molecule has 7 nitrogen and oxygen atoms in total. The van der Waals surface area contributed by atoms with Crippen LogP contribution in [0.1, 0.15) is 62.4 Å². The minimum Gasteiger partial charge on any atom is -0.370 e. The first-order valence-electron chi connectivity index (χ1n) is 12.5. The van der Waals surface area contributed by atoms with Crippen LogP contribution in [0.5, 0.6) is 0 Å². The van der Waals surface area contributed by atoms with Crippen LogP contribution in [0.2, 0.25) is 0 Å². The molecule has 3 N–H and O–H groups in total. The van der Waals surface area contributed by atoms with Gasteiger partial charge in [-0.2, -0.15) is 18.3 Å². The summed E-state index contributed by atoms with van der Waals surface area (Å²) in [6.45, 7) is -0.407. The Morgan fingerprint density at radius 1 is 1.25 bits per heavy atom. The molecule has 3 atom stereocenters. The van der Waals surface area contributed by atoms with Crippen molar-refractivity contribution >= 4 is 17.2 Å². The van der Waals surface area contributed by atoms with Gasteiger partial charge < -0.3 is 16.0 Å². The zero-order valence-electron chi connectivity index (χ0n) is 20.1. The van der Waals surface area contributed by atoms with E-state index in [-0.39, 0.29) is 31.6 Å². The Morgan fingerprint density at radius 3 is 2.58 bits per heavy atom. The predicted molar refractivity (Wildman–Crippen MR) is 123 cm³/mol. The molecule has 0 aromatic carbocycles. The van der Waals surface area contributed by atoms with Crippen LogP contribution in [0, 0.1) is 17.8 Å². The number of nitrogens with two attached hydrogens (primary N) is 1. The predicted octanol–water partition coefficient (Wildman–Crippen LogP) is 4.01. The number of hydrogen-bond donors (Lipinski definition) is 2. The summed E-state index contributed by atoms with van der Waals surface area (Å²) in [6, 6.07) is 1.61. The van der Waals surface area contributed by atoms with E-state index in [1.165, 1.54) is 4.52 Å². The number of aromatic nitrogens is 3. The zero-order valence-corrected chi connectivity index (χ0v) is 20.1. The number of nitrogens with zero attached hydrogens (tertiary/aromatic N) is 4. The fourth-order valence-corrected chi connectivity index (χ4v) is 5.46. The van der Waals surface area contributed by atoms with Crippen molar-refractivity contribution in [3.05, 3.63) is 23.7 Å². The van der Waals surface area contributed by atoms with Crippen molar-refractivity contribution < 1.29 is 26.7 Å². The summed E-state index contributed by atoms with van der Waals surface area (Å²) in [5.41, 5.74) is 8.74. The van der Waals surface area contributed by atoms with Crippen LogP contribution in [0.4, 0.5) is 27.6 Å². The van der Waals surface area contributed by atoms with Gasteiger partial charge in [0, 0.05) is 50.9 Å². The van der Waals surface area contributed by atoms with Crippen LogP contribution in [0.15, 0.2) is 12.3 Å². The van der Waals surface area contributed by atoms with Crippen molar-refractivity contribution in [2.75, 3.05) is 18.5 Å². The van der Waals surface area contributed by atoms with Crippen LogP contribution in [-0.2, 0) is 11.2 Å². The molecule has 2 aliphatic carbocycles. The SMILES string of the molecule is CN(c1cc2nc(C(N)C3CCC(F)(F)CC3)cn2nc1CC1C[C@@H](C(F)(F)F)CNC1=O)C1CC1. The summed E-state index contributed by atoms with van der Waals surface area (Å²) in [5, 5.41) is 7.07. The molecular weight excluding hydrogens is 483 g/mol. The minimum atomic E-state index is -4.38. The molecule has 3 aliphatic rings. The zero-order chi connectivity index (χ0) is 25.8. The first-order chi connectivity index (χ1) is 16.9. The van der Waals surface area contributed by atoms with E-state index < -0.39 is 42.4 Å². The second kappa shape index (κ2) is 9.11. The molecule has 3 fully saturated rings. The number of nitrogens with one attached hydrogen (secondary N) is 1. The third-order valence-electron chi connectivity index (χ3n) is 7.97. The molecule has 2 aromatic heterocycles. The molecular formula is C24H31F5N6O. The van der Waals surface area contributed by atoms with Crippen molar-refractivity contribution in [1.82, 2.24) is 19.9 Å². The monoisotopic (exact) mass is 514 g/mol. The molecule has 12 heteroatoms. The normalized spacial score (nSPS) is 26.1. The average Bonchev–Trinajstić information content (AvgIpc) is 3.58. The number of piperidine rings is 1. The highest BCUT2D eigenvalue weighted by Gasteiger charge is 2.45. The average molecular weight is 515 g/mol. The van der Waals surface area contributed by atoms with Crippen molar-refractivity contribution in [3.63, 3.8) is 0 Å². The van der Waals surface area contributed by atoms with Gasteiger partial charge >= 0.3 is 6.18 Å². The van der Waals surface area contributed by atoms with Gasteiger partial charge in [-0.1, -0.05) is 0 Å². The Bertz CT molecular complexity index is 1120. The summed E-state index contributed by atoms with van der Waals surface area (Å²) in [7, 11) is 1.91. The Balaban J connectivity index is 1.43. The Labute approximate surface area is 205 Å². The van der Waals surface area contributed by atoms with Gasteiger partial charge in [0.2, 0.25) is 11.8 Å². The van der Waals surface area contributed by atoms with Crippen LogP contribution in [0.25, 0.3) is 5.65 Å². The molecule has 2 saturated carbocycles. The Kier molecular flexibility index (Phi) is 6.37. The van der Waals surface area contributed by atoms with Gasteiger partial charge in [0.25, 0.3) is 0 Å². The number of rotatable bonds is 6. The topological polar surface area (TPSA) is 88.6 Å². The van der Waals surface area contributed by atoms with E-state index in [0.29, 0.717) is 35.9 Å². The number of fused-ring (bicyclic) bond motifs is 1. The molecule has 0 bridgehead atoms. The number of hydrogen-bond acceptors (Lipinski definition) is 5. The molecule has 1 aliphatic heterocycles. The van der Waals surface area contributed by atoms with E-state index in [4.69, 9.17) is 5.73 Å². The molecule has 1 saturated heterocycles. The second-order valence-corrected chi connectivity index (χ2v) is 10.6. The highest BCUT2D eigenvalue weighted by Crippen LogP contribution is 2.41. The maximum Gasteiger partial charge on any atom is 0.393 e. The quantitative estimate of drug-likeness (QED) is 0.569. The molecule has 5 rings (SSSR count). The van der Waals surface area contributed by atoms with E-state index in [1.807, 2.05) is 18.0 Å². The lowest BCUT2D eigenvalue weighted by Gasteiger charge is -2.31. The van der Waals surface area contributed by atoms with Crippen LogP contribution in [-0.4, -0.2) is 52.2 Å². The van der Waals surface area contributed by atoms with E-state index in [1.54, 1.807) is 6.20 Å². The summed E-state index contributed by atoms with van der Waals surface area (Å²) in [4.78, 5) is 19.1. The smallest absolute Gasteiger partial charge is 0.370 e. The van der Waals surface area contributed by atoms with Gasteiger partial charge in [-0.15, -0.1) is 0 Å². The summed E-state index contributed by atoms with van der Waals surface area (Å²) >= 11 is 0. The number of carbonyl (C=O) groups is 1. The lowest BCUT2D eigenvalue weighted by Crippen LogP contribution is -2.47. The molecule has 198 valence electrons. The fourth-order valence-electron chi connectivity index (χ4n) is 5.46. The van der Waals surface area contributed by atoms with E-state index >= 15 is 0 Å². The van der Waals surface area contributed by atoms with Gasteiger partial charge in [0.15, 0.2) is 5.65 Å². The molecule has 1 amide bonds. The Morgan fingerprint density at radius 2 is 1.94 bits per heavy atom. The maximum absolute atomic E-state index is 13.6. The first kappa shape index (κ1) is 25.2. The largest absolute Gasteiger partial charge is 0.393 e. The highest BCUT2D eigenvalue weighted by atomic mass is 19.4. The van der Waals surface area contributed by atoms with Gasteiger partial charge in [0.1, 0.15) is 0 Å². The van der Waals surface area contributed by atoms with E-state index in [2.05, 4.69) is 15.4 Å². The van der Waals surface area contributed by atoms with E-state index in [9.17, 15) is 26.7 Å². The summed E-state index contributed by atoms with van der Waals surface area (Å²) in [5.74, 6) is -5.61. The number of amides is 1. The number of anilines is 1. The molecule has 3 heterocycles. The van der Waals surface area contributed by atoms with Crippen LogP contribution < -0.4 is 16.0 Å². The standard InChI is InChI=1S/C24H31F5N6O/c1-34(16-2-3-16)19-10-20-32-18(21(30)13-4-6-23(25,26)7-5-13)12-35(20)33-17(19)9-14-8-15(24(27,28)29)11-31-22(14)36/h10,12-16,21H,2-9,11,30H2,1H3,(H,31,36)/t14?,15-,21?/m1/s1. The number of alkyl halides is 5.